The van der Waals surface area contributed by atoms with Crippen molar-refractivity contribution in [2.45, 2.75) is 140 Å². The Morgan fingerprint density at radius 1 is 0.732 bits per heavy atom. The first-order valence-electron chi connectivity index (χ1n) is 16.0. The summed E-state index contributed by atoms with van der Waals surface area (Å²) in [4.78, 5) is 0. The third-order valence-electron chi connectivity index (χ3n) is 10.5. The molecule has 8 heteroatoms. The van der Waals surface area contributed by atoms with E-state index in [4.69, 9.17) is 0 Å². The summed E-state index contributed by atoms with van der Waals surface area (Å²) in [5, 5.41) is 0. The molecular formula is C33H47F7O. The van der Waals surface area contributed by atoms with Gasteiger partial charge in [0, 0.05) is 0 Å². The lowest BCUT2D eigenvalue weighted by Crippen LogP contribution is -2.45. The Labute approximate surface area is 241 Å². The van der Waals surface area contributed by atoms with Crippen LogP contribution in [-0.4, -0.2) is 18.5 Å². The molecule has 1 aromatic carbocycles. The Bertz CT molecular complexity index is 924. The van der Waals surface area contributed by atoms with Crippen LogP contribution in [0.4, 0.5) is 30.7 Å². The third kappa shape index (κ3) is 8.78. The van der Waals surface area contributed by atoms with Gasteiger partial charge in [0.15, 0.2) is 11.6 Å². The lowest BCUT2D eigenvalue weighted by atomic mass is 9.64. The van der Waals surface area contributed by atoms with Gasteiger partial charge >= 0.3 is 12.3 Å². The highest BCUT2D eigenvalue weighted by Crippen LogP contribution is 2.48. The Morgan fingerprint density at radius 2 is 1.24 bits per heavy atom. The van der Waals surface area contributed by atoms with Crippen molar-refractivity contribution in [3.63, 3.8) is 0 Å². The molecule has 3 aliphatic rings. The molecule has 1 nitrogen and oxygen atoms in total. The van der Waals surface area contributed by atoms with Gasteiger partial charge in [0.05, 0.1) is 0 Å². The number of alkyl halides is 6. The van der Waals surface area contributed by atoms with Gasteiger partial charge in [0.2, 0.25) is 0 Å². The van der Waals surface area contributed by atoms with Gasteiger partial charge in [-0.15, -0.1) is 0 Å². The summed E-state index contributed by atoms with van der Waals surface area (Å²) in [6, 6.07) is 3.34. The van der Waals surface area contributed by atoms with Crippen LogP contribution in [0.1, 0.15) is 128 Å². The summed E-state index contributed by atoms with van der Waals surface area (Å²) in [6.45, 7) is 2.27. The maximum atomic E-state index is 14.5. The quantitative estimate of drug-likeness (QED) is 0.183. The highest BCUT2D eigenvalue weighted by atomic mass is 19.4. The van der Waals surface area contributed by atoms with Crippen molar-refractivity contribution in [1.82, 2.24) is 0 Å². The van der Waals surface area contributed by atoms with Crippen LogP contribution in [0, 0.1) is 35.4 Å². The molecule has 0 bridgehead atoms. The highest BCUT2D eigenvalue weighted by molar-refractivity contribution is 5.32. The van der Waals surface area contributed by atoms with E-state index in [0.29, 0.717) is 11.5 Å². The van der Waals surface area contributed by atoms with E-state index in [1.54, 1.807) is 0 Å². The lowest BCUT2D eigenvalue weighted by Gasteiger charge is -2.41. The van der Waals surface area contributed by atoms with Crippen LogP contribution in [0.5, 0.6) is 5.75 Å². The summed E-state index contributed by atoms with van der Waals surface area (Å²) >= 11 is 0. The Morgan fingerprint density at radius 3 is 1.73 bits per heavy atom. The fraction of sp³-hybridized carbons (Fsp3) is 0.818. The van der Waals surface area contributed by atoms with Gasteiger partial charge in [-0.2, -0.15) is 22.0 Å². The first kappa shape index (κ1) is 32.4. The molecule has 0 saturated heterocycles. The van der Waals surface area contributed by atoms with E-state index in [2.05, 4.69) is 11.7 Å². The molecule has 0 radical (unpaired) electrons. The zero-order valence-corrected chi connectivity index (χ0v) is 24.3. The third-order valence-corrected chi connectivity index (χ3v) is 10.5. The van der Waals surface area contributed by atoms with Crippen LogP contribution in [0.3, 0.4) is 0 Å². The summed E-state index contributed by atoms with van der Waals surface area (Å²) in [6.07, 6.45) is 6.01. The van der Waals surface area contributed by atoms with E-state index in [1.165, 1.54) is 89.5 Å². The predicted octanol–water partition coefficient (Wildman–Crippen LogP) is 11.6. The average Bonchev–Trinajstić information content (AvgIpc) is 2.96. The lowest BCUT2D eigenvalue weighted by molar-refractivity contribution is -0.305. The number of halogens is 7. The molecule has 4 rings (SSSR count). The summed E-state index contributed by atoms with van der Waals surface area (Å²) in [5.74, 6) is 1.89. The Kier molecular flexibility index (Phi) is 11.3. The monoisotopic (exact) mass is 592 g/mol. The smallest absolute Gasteiger partial charge is 0.427 e. The zero-order chi connectivity index (χ0) is 29.6. The van der Waals surface area contributed by atoms with Crippen molar-refractivity contribution in [3.05, 3.63) is 29.6 Å². The van der Waals surface area contributed by atoms with Crippen molar-refractivity contribution >= 4 is 0 Å². The largest absolute Gasteiger partial charge is 0.439 e. The first-order chi connectivity index (χ1) is 19.5. The second kappa shape index (κ2) is 14.3. The second-order valence-corrected chi connectivity index (χ2v) is 13.2. The summed E-state index contributed by atoms with van der Waals surface area (Å²) < 4.78 is 95.7. The zero-order valence-electron chi connectivity index (χ0n) is 24.3. The van der Waals surface area contributed by atoms with Crippen molar-refractivity contribution in [2.75, 3.05) is 0 Å². The van der Waals surface area contributed by atoms with Crippen molar-refractivity contribution in [2.24, 2.45) is 29.6 Å². The molecule has 41 heavy (non-hydrogen) atoms. The molecule has 3 aliphatic carbocycles. The number of hydrogen-bond donors (Lipinski definition) is 0. The van der Waals surface area contributed by atoms with Crippen molar-refractivity contribution in [3.8, 4) is 5.75 Å². The molecule has 3 fully saturated rings. The Hall–Kier alpha value is -1.47. The highest BCUT2D eigenvalue weighted by Gasteiger charge is 2.59. The van der Waals surface area contributed by atoms with Gasteiger partial charge < -0.3 is 4.74 Å². The first-order valence-corrected chi connectivity index (χ1v) is 16.0. The molecule has 0 spiro atoms. The van der Waals surface area contributed by atoms with Gasteiger partial charge in [-0.05, 0) is 117 Å². The SMILES string of the molecule is CCCCCCC1CCC(C2CCC(C3CCC(c4ccc(OC(F)(F)C(F)C(F)(F)F)c(F)c4)CC3)CC2)CC1. The molecule has 1 aromatic rings. The minimum Gasteiger partial charge on any atom is -0.427 e. The maximum absolute atomic E-state index is 14.5. The van der Waals surface area contributed by atoms with Gasteiger partial charge in [0.25, 0.3) is 6.17 Å². The number of hydrogen-bond acceptors (Lipinski definition) is 1. The minimum atomic E-state index is -5.81. The molecule has 0 amide bonds. The fourth-order valence-corrected chi connectivity index (χ4v) is 8.06. The van der Waals surface area contributed by atoms with E-state index in [-0.39, 0.29) is 5.92 Å². The number of benzene rings is 1. The average molecular weight is 593 g/mol. The van der Waals surface area contributed by atoms with Crippen LogP contribution in [0.15, 0.2) is 18.2 Å². The van der Waals surface area contributed by atoms with Crippen molar-refractivity contribution in [1.29, 1.82) is 0 Å². The fourth-order valence-electron chi connectivity index (χ4n) is 8.06. The van der Waals surface area contributed by atoms with Crippen LogP contribution < -0.4 is 4.74 Å². The van der Waals surface area contributed by atoms with E-state index >= 15 is 0 Å². The molecule has 0 heterocycles. The van der Waals surface area contributed by atoms with Gasteiger partial charge in [-0.3, -0.25) is 0 Å². The summed E-state index contributed by atoms with van der Waals surface area (Å²) in [5.41, 5.74) is 0.619. The molecule has 0 aliphatic heterocycles. The van der Waals surface area contributed by atoms with E-state index < -0.39 is 30.0 Å². The summed E-state index contributed by atoms with van der Waals surface area (Å²) in [7, 11) is 0. The van der Waals surface area contributed by atoms with Crippen LogP contribution in [0.2, 0.25) is 0 Å². The minimum absolute atomic E-state index is 0.0629. The standard InChI is InChI=1S/C33H47F7O/c1-2-3-4-5-6-22-7-9-23(10-8-22)24-11-13-25(14-12-24)26-15-17-27(18-16-26)28-19-20-30(29(34)21-28)41-33(39,40)31(35)32(36,37)38/h19-27,31H,2-18H2,1H3. The van der Waals surface area contributed by atoms with Crippen LogP contribution >= 0.6 is 0 Å². The van der Waals surface area contributed by atoms with Gasteiger partial charge in [-0.1, -0.05) is 57.9 Å². The van der Waals surface area contributed by atoms with Gasteiger partial charge in [-0.25, -0.2) is 8.78 Å². The second-order valence-electron chi connectivity index (χ2n) is 13.2. The molecule has 234 valence electrons. The number of ether oxygens (including phenoxy) is 1. The number of unbranched alkanes of at least 4 members (excludes halogenated alkanes) is 3. The maximum Gasteiger partial charge on any atom is 0.439 e. The molecular weight excluding hydrogens is 545 g/mol. The molecule has 1 unspecified atom stereocenters. The molecule has 0 aromatic heterocycles. The van der Waals surface area contributed by atoms with Crippen LogP contribution in [0.25, 0.3) is 0 Å². The van der Waals surface area contributed by atoms with E-state index in [0.717, 1.165) is 61.5 Å². The molecule has 1 atom stereocenters. The predicted molar refractivity (Wildman–Crippen MR) is 147 cm³/mol. The molecule has 3 saturated carbocycles. The Balaban J connectivity index is 1.19. The van der Waals surface area contributed by atoms with Crippen molar-refractivity contribution < 1.29 is 35.5 Å². The van der Waals surface area contributed by atoms with E-state index in [9.17, 15) is 30.7 Å². The topological polar surface area (TPSA) is 9.23 Å². The van der Waals surface area contributed by atoms with Gasteiger partial charge in [0.1, 0.15) is 0 Å². The number of rotatable bonds is 11. The normalized spacial score (nSPS) is 30.6. The van der Waals surface area contributed by atoms with Crippen LogP contribution in [-0.2, 0) is 0 Å². The molecule has 0 N–H and O–H groups in total. The van der Waals surface area contributed by atoms with E-state index in [1.807, 2.05) is 0 Å².